The Bertz CT molecular complexity index is 1190. The van der Waals surface area contributed by atoms with Crippen molar-refractivity contribution in [2.45, 2.75) is 0 Å². The van der Waals surface area contributed by atoms with Gasteiger partial charge in [0.25, 0.3) is 17.1 Å². The van der Waals surface area contributed by atoms with Gasteiger partial charge in [-0.25, -0.2) is 4.39 Å². The normalized spacial score (nSPS) is 15.4. The molecule has 0 bridgehead atoms. The van der Waals surface area contributed by atoms with Crippen LogP contribution in [0.1, 0.15) is 15.2 Å². The molecule has 0 aliphatic carbocycles. The van der Waals surface area contributed by atoms with E-state index in [0.29, 0.717) is 15.0 Å². The summed E-state index contributed by atoms with van der Waals surface area (Å²) in [6.07, 6.45) is 1.67. The minimum atomic E-state index is -0.437. The Labute approximate surface area is 184 Å². The molecule has 2 heterocycles. The second-order valence-electron chi connectivity index (χ2n) is 6.39. The number of hydrogen-bond donors (Lipinski definition) is 1. The van der Waals surface area contributed by atoms with Crippen LogP contribution < -0.4 is 5.32 Å². The lowest BCUT2D eigenvalue weighted by Gasteiger charge is -2.12. The molecule has 0 unspecified atom stereocenters. The highest BCUT2D eigenvalue weighted by atomic mass is 35.5. The van der Waals surface area contributed by atoms with Crippen LogP contribution >= 0.6 is 34.7 Å². The topological polar surface area (TPSA) is 66.5 Å². The van der Waals surface area contributed by atoms with E-state index >= 15 is 0 Å². The second-order valence-corrected chi connectivity index (χ2v) is 8.81. The highest BCUT2D eigenvalue weighted by Gasteiger charge is 2.34. The molecule has 0 saturated carbocycles. The first-order valence-electron chi connectivity index (χ1n) is 8.90. The molecule has 9 heteroatoms. The Morgan fingerprint density at radius 3 is 2.70 bits per heavy atom. The standard InChI is InChI=1S/C21H14ClFN2O3S2/c22-17-14-7-6-13(23)11-15(14)29-18(17)19(26)24-8-9-25-20(27)16(30-21(25)28)10-12-4-2-1-3-5-12/h1-7,10-11H,8-9H2,(H,24,26)/b16-10-. The maximum atomic E-state index is 13.4. The van der Waals surface area contributed by atoms with Gasteiger partial charge in [0.1, 0.15) is 10.7 Å². The van der Waals surface area contributed by atoms with Crippen molar-refractivity contribution in [3.8, 4) is 0 Å². The number of imide groups is 1. The molecule has 3 amide bonds. The van der Waals surface area contributed by atoms with E-state index in [1.807, 2.05) is 30.3 Å². The molecule has 0 atom stereocenters. The number of rotatable bonds is 5. The maximum absolute atomic E-state index is 13.4. The summed E-state index contributed by atoms with van der Waals surface area (Å²) in [4.78, 5) is 38.9. The van der Waals surface area contributed by atoms with E-state index in [1.54, 1.807) is 6.08 Å². The van der Waals surface area contributed by atoms with Gasteiger partial charge >= 0.3 is 0 Å². The lowest BCUT2D eigenvalue weighted by Crippen LogP contribution is -2.37. The number of fused-ring (bicyclic) bond motifs is 1. The van der Waals surface area contributed by atoms with Crippen LogP contribution in [0.3, 0.4) is 0 Å². The van der Waals surface area contributed by atoms with Gasteiger partial charge in [-0.05, 0) is 41.6 Å². The first-order valence-corrected chi connectivity index (χ1v) is 10.9. The summed E-state index contributed by atoms with van der Waals surface area (Å²) >= 11 is 8.21. The lowest BCUT2D eigenvalue weighted by molar-refractivity contribution is -0.122. The fraction of sp³-hybridized carbons (Fsp3) is 0.0952. The summed E-state index contributed by atoms with van der Waals surface area (Å²) in [5.74, 6) is -1.23. The zero-order valence-corrected chi connectivity index (χ0v) is 17.7. The minimum absolute atomic E-state index is 0.0413. The molecule has 0 spiro atoms. The Morgan fingerprint density at radius 2 is 1.93 bits per heavy atom. The second kappa shape index (κ2) is 8.59. The molecule has 4 rings (SSSR count). The number of thioether (sulfide) groups is 1. The molecule has 152 valence electrons. The Kier molecular flexibility index (Phi) is 5.90. The largest absolute Gasteiger partial charge is 0.349 e. The van der Waals surface area contributed by atoms with Crippen molar-refractivity contribution in [1.82, 2.24) is 10.2 Å². The highest BCUT2D eigenvalue weighted by molar-refractivity contribution is 8.18. The number of carbonyl (C=O) groups is 3. The average Bonchev–Trinajstić information content (AvgIpc) is 3.19. The average molecular weight is 461 g/mol. The van der Waals surface area contributed by atoms with Crippen molar-refractivity contribution in [3.05, 3.63) is 74.7 Å². The number of nitrogens with one attached hydrogen (secondary N) is 1. The van der Waals surface area contributed by atoms with Crippen molar-refractivity contribution in [2.24, 2.45) is 0 Å². The minimum Gasteiger partial charge on any atom is -0.349 e. The summed E-state index contributed by atoms with van der Waals surface area (Å²) in [6, 6.07) is 13.4. The molecular formula is C21H14ClFN2O3S2. The SMILES string of the molecule is O=C(NCCN1C(=O)S/C(=C\c2ccccc2)C1=O)c1sc2cc(F)ccc2c1Cl. The van der Waals surface area contributed by atoms with Gasteiger partial charge in [-0.15, -0.1) is 11.3 Å². The molecule has 1 aromatic heterocycles. The molecule has 0 radical (unpaired) electrons. The number of thiophene rings is 1. The van der Waals surface area contributed by atoms with Gasteiger partial charge < -0.3 is 5.32 Å². The van der Waals surface area contributed by atoms with Crippen LogP contribution in [0.25, 0.3) is 16.2 Å². The summed E-state index contributed by atoms with van der Waals surface area (Å²) in [6.45, 7) is 0.119. The Hall–Kier alpha value is -2.68. The summed E-state index contributed by atoms with van der Waals surface area (Å²) < 4.78 is 14.0. The number of nitrogens with zero attached hydrogens (tertiary/aromatic N) is 1. The van der Waals surface area contributed by atoms with Crippen molar-refractivity contribution in [3.63, 3.8) is 0 Å². The number of carbonyl (C=O) groups excluding carboxylic acids is 3. The molecule has 1 fully saturated rings. The molecule has 5 nitrogen and oxygen atoms in total. The van der Waals surface area contributed by atoms with E-state index in [9.17, 15) is 18.8 Å². The molecule has 30 heavy (non-hydrogen) atoms. The van der Waals surface area contributed by atoms with Gasteiger partial charge in [-0.3, -0.25) is 19.3 Å². The maximum Gasteiger partial charge on any atom is 0.293 e. The summed E-state index contributed by atoms with van der Waals surface area (Å²) in [5.41, 5.74) is 0.826. The van der Waals surface area contributed by atoms with Gasteiger partial charge in [-0.2, -0.15) is 0 Å². The van der Waals surface area contributed by atoms with Crippen LogP contribution in [0, 0.1) is 5.82 Å². The van der Waals surface area contributed by atoms with Crippen LogP contribution in [-0.4, -0.2) is 35.0 Å². The van der Waals surface area contributed by atoms with Crippen molar-refractivity contribution >= 4 is 67.9 Å². The summed E-state index contributed by atoms with van der Waals surface area (Å²) in [7, 11) is 0. The van der Waals surface area contributed by atoms with Crippen molar-refractivity contribution < 1.29 is 18.8 Å². The van der Waals surface area contributed by atoms with Gasteiger partial charge in [0.15, 0.2) is 0 Å². The van der Waals surface area contributed by atoms with Crippen LogP contribution in [0.2, 0.25) is 5.02 Å². The third-order valence-corrected chi connectivity index (χ3v) is 6.95. The highest BCUT2D eigenvalue weighted by Crippen LogP contribution is 2.36. The fourth-order valence-corrected chi connectivity index (χ4v) is 5.26. The molecule has 3 aromatic rings. The Morgan fingerprint density at radius 1 is 1.17 bits per heavy atom. The van der Waals surface area contributed by atoms with Crippen LogP contribution in [0.15, 0.2) is 53.4 Å². The van der Waals surface area contributed by atoms with E-state index in [1.165, 1.54) is 18.2 Å². The zero-order valence-electron chi connectivity index (χ0n) is 15.4. The van der Waals surface area contributed by atoms with E-state index in [4.69, 9.17) is 11.6 Å². The quantitative estimate of drug-likeness (QED) is 0.534. The predicted molar refractivity (Wildman–Crippen MR) is 118 cm³/mol. The van der Waals surface area contributed by atoms with Gasteiger partial charge in [0.2, 0.25) is 0 Å². The van der Waals surface area contributed by atoms with Crippen molar-refractivity contribution in [1.29, 1.82) is 0 Å². The van der Waals surface area contributed by atoms with Crippen LogP contribution in [-0.2, 0) is 4.79 Å². The lowest BCUT2D eigenvalue weighted by atomic mass is 10.2. The van der Waals surface area contributed by atoms with Gasteiger partial charge in [0.05, 0.1) is 9.93 Å². The zero-order chi connectivity index (χ0) is 21.3. The number of amides is 3. The van der Waals surface area contributed by atoms with Gasteiger partial charge in [-0.1, -0.05) is 41.9 Å². The smallest absolute Gasteiger partial charge is 0.293 e. The Balaban J connectivity index is 1.40. The molecule has 1 aliphatic heterocycles. The predicted octanol–water partition coefficient (Wildman–Crippen LogP) is 5.16. The van der Waals surface area contributed by atoms with Gasteiger partial charge in [0, 0.05) is 23.2 Å². The van der Waals surface area contributed by atoms with E-state index in [0.717, 1.165) is 33.6 Å². The molecule has 1 aliphatic rings. The van der Waals surface area contributed by atoms with Crippen molar-refractivity contribution in [2.75, 3.05) is 13.1 Å². The number of halogens is 2. The molecule has 1 saturated heterocycles. The first-order chi connectivity index (χ1) is 14.4. The van der Waals surface area contributed by atoms with Crippen LogP contribution in [0.4, 0.5) is 9.18 Å². The third kappa shape index (κ3) is 4.12. The monoisotopic (exact) mass is 460 g/mol. The number of hydrogen-bond acceptors (Lipinski definition) is 5. The van der Waals surface area contributed by atoms with E-state index < -0.39 is 17.6 Å². The fourth-order valence-electron chi connectivity index (χ4n) is 2.94. The number of benzene rings is 2. The van der Waals surface area contributed by atoms with E-state index in [-0.39, 0.29) is 28.2 Å². The summed E-state index contributed by atoms with van der Waals surface area (Å²) in [5, 5.41) is 3.14. The van der Waals surface area contributed by atoms with Crippen LogP contribution in [0.5, 0.6) is 0 Å². The molecule has 1 N–H and O–H groups in total. The van der Waals surface area contributed by atoms with E-state index in [2.05, 4.69) is 5.32 Å². The third-order valence-electron chi connectivity index (χ3n) is 4.39. The molecule has 2 aromatic carbocycles. The first kappa shape index (κ1) is 20.6. The molecular weight excluding hydrogens is 447 g/mol.